The first-order valence-electron chi connectivity index (χ1n) is 5.69. The molecule has 102 valence electrons. The summed E-state index contributed by atoms with van der Waals surface area (Å²) in [5.41, 5.74) is 0.258. The van der Waals surface area contributed by atoms with Crippen LogP contribution in [0.25, 0.3) is 5.57 Å². The highest BCUT2D eigenvalue weighted by Gasteiger charge is 2.34. The van der Waals surface area contributed by atoms with Crippen LogP contribution >= 0.6 is 0 Å². The topological polar surface area (TPSA) is 39.9 Å². The molecule has 0 amide bonds. The molecule has 0 aromatic carbocycles. The highest BCUT2D eigenvalue weighted by Crippen LogP contribution is 2.32. The maximum absolute atomic E-state index is 12.6. The van der Waals surface area contributed by atoms with Gasteiger partial charge in [0.1, 0.15) is 11.6 Å². The van der Waals surface area contributed by atoms with E-state index in [0.717, 1.165) is 12.3 Å². The summed E-state index contributed by atoms with van der Waals surface area (Å²) in [5.74, 6) is 0. The number of hydrogen-bond donors (Lipinski definition) is 0. The van der Waals surface area contributed by atoms with Crippen molar-refractivity contribution in [1.82, 2.24) is 9.88 Å². The third-order valence-electron chi connectivity index (χ3n) is 2.75. The van der Waals surface area contributed by atoms with Gasteiger partial charge in [0.05, 0.1) is 17.0 Å². The molecule has 0 atom stereocenters. The summed E-state index contributed by atoms with van der Waals surface area (Å²) in [4.78, 5) is 5.32. The molecule has 0 saturated heterocycles. The zero-order chi connectivity index (χ0) is 14.8. The van der Waals surface area contributed by atoms with E-state index in [2.05, 4.69) is 4.98 Å². The lowest BCUT2D eigenvalue weighted by atomic mass is 10.1. The van der Waals surface area contributed by atoms with Gasteiger partial charge in [-0.2, -0.15) is 18.4 Å². The fourth-order valence-corrected chi connectivity index (χ4v) is 1.79. The molecule has 3 nitrogen and oxygen atoms in total. The summed E-state index contributed by atoms with van der Waals surface area (Å²) in [6, 6.07) is 7.03. The van der Waals surface area contributed by atoms with Crippen LogP contribution in [0.1, 0.15) is 5.69 Å². The largest absolute Gasteiger partial charge is 0.417 e. The number of likely N-dealkylation sites (N-methyl/N-ethyl adjacent to an activating group) is 1. The molecule has 0 bridgehead atoms. The normalized spacial score (nSPS) is 17.6. The van der Waals surface area contributed by atoms with Gasteiger partial charge in [-0.1, -0.05) is 6.07 Å². The summed E-state index contributed by atoms with van der Waals surface area (Å²) < 4.78 is 37.8. The van der Waals surface area contributed by atoms with Crippen molar-refractivity contribution in [3.63, 3.8) is 0 Å². The number of aromatic nitrogens is 1. The summed E-state index contributed by atoms with van der Waals surface area (Å²) in [7, 11) is 1.46. The van der Waals surface area contributed by atoms with E-state index in [1.165, 1.54) is 24.2 Å². The predicted octanol–water partition coefficient (Wildman–Crippen LogP) is 3.26. The smallest absolute Gasteiger partial charge is 0.349 e. The number of allylic oxidation sites excluding steroid dienone is 4. The van der Waals surface area contributed by atoms with Crippen LogP contribution in [0.3, 0.4) is 0 Å². The quantitative estimate of drug-likeness (QED) is 0.740. The Hall–Kier alpha value is -2.55. The van der Waals surface area contributed by atoms with E-state index in [0.29, 0.717) is 11.4 Å². The minimum atomic E-state index is -4.41. The number of pyridine rings is 1. The fourth-order valence-electron chi connectivity index (χ4n) is 1.79. The molecular formula is C14H10F3N3. The first-order chi connectivity index (χ1) is 9.43. The summed E-state index contributed by atoms with van der Waals surface area (Å²) in [6.45, 7) is 0. The van der Waals surface area contributed by atoms with E-state index in [-0.39, 0.29) is 5.57 Å². The molecule has 0 radical (unpaired) electrons. The average Bonchev–Trinajstić information content (AvgIpc) is 2.41. The van der Waals surface area contributed by atoms with Crippen LogP contribution in [0.15, 0.2) is 54.0 Å². The first kappa shape index (κ1) is 13.9. The Labute approximate surface area is 114 Å². The lowest BCUT2D eigenvalue weighted by Gasteiger charge is -2.23. The van der Waals surface area contributed by atoms with E-state index in [1.54, 1.807) is 18.2 Å². The zero-order valence-corrected chi connectivity index (χ0v) is 10.5. The van der Waals surface area contributed by atoms with Crippen LogP contribution in [0.5, 0.6) is 0 Å². The van der Waals surface area contributed by atoms with E-state index < -0.39 is 11.7 Å². The molecule has 0 spiro atoms. The number of halogens is 3. The van der Waals surface area contributed by atoms with E-state index in [1.807, 2.05) is 6.07 Å². The van der Waals surface area contributed by atoms with Crippen LogP contribution in [-0.4, -0.2) is 23.1 Å². The Balaban J connectivity index is 2.45. The van der Waals surface area contributed by atoms with Crippen molar-refractivity contribution in [2.45, 2.75) is 6.18 Å². The van der Waals surface area contributed by atoms with Crippen molar-refractivity contribution in [1.29, 1.82) is 5.26 Å². The van der Waals surface area contributed by atoms with Crippen molar-refractivity contribution < 1.29 is 13.2 Å². The molecule has 0 fully saturated rings. The average molecular weight is 277 g/mol. The van der Waals surface area contributed by atoms with Crippen LogP contribution in [0.4, 0.5) is 13.2 Å². The Morgan fingerprint density at radius 2 is 2.05 bits per heavy atom. The SMILES string of the molecule is CN1C=C(C(F)(F)F)C=C/C1=C(/C#N)c1ccccn1. The van der Waals surface area contributed by atoms with Gasteiger partial charge in [-0.3, -0.25) is 4.98 Å². The van der Waals surface area contributed by atoms with Crippen molar-refractivity contribution in [2.24, 2.45) is 0 Å². The molecule has 1 aliphatic heterocycles. The first-order valence-corrected chi connectivity index (χ1v) is 5.69. The second-order valence-electron chi connectivity index (χ2n) is 4.11. The minimum Gasteiger partial charge on any atom is -0.349 e. The van der Waals surface area contributed by atoms with Gasteiger partial charge in [-0.25, -0.2) is 0 Å². The van der Waals surface area contributed by atoms with Crippen LogP contribution in [-0.2, 0) is 0 Å². The summed E-state index contributed by atoms with van der Waals surface area (Å²) in [5, 5.41) is 9.22. The van der Waals surface area contributed by atoms with Gasteiger partial charge >= 0.3 is 6.18 Å². The molecule has 1 aromatic heterocycles. The predicted molar refractivity (Wildman–Crippen MR) is 67.8 cm³/mol. The van der Waals surface area contributed by atoms with Crippen molar-refractivity contribution in [2.75, 3.05) is 7.05 Å². The van der Waals surface area contributed by atoms with E-state index in [4.69, 9.17) is 0 Å². The second kappa shape index (κ2) is 5.21. The Morgan fingerprint density at radius 3 is 2.55 bits per heavy atom. The molecule has 0 saturated carbocycles. The Kier molecular flexibility index (Phi) is 3.61. The highest BCUT2D eigenvalue weighted by molar-refractivity contribution is 5.79. The second-order valence-corrected chi connectivity index (χ2v) is 4.11. The van der Waals surface area contributed by atoms with Gasteiger partial charge in [-0.15, -0.1) is 0 Å². The molecule has 2 heterocycles. The molecular weight excluding hydrogens is 267 g/mol. The van der Waals surface area contributed by atoms with Crippen molar-refractivity contribution >= 4 is 5.57 Å². The monoisotopic (exact) mass is 277 g/mol. The zero-order valence-electron chi connectivity index (χ0n) is 10.5. The summed E-state index contributed by atoms with van der Waals surface area (Å²) >= 11 is 0. The fraction of sp³-hybridized carbons (Fsp3) is 0.143. The van der Waals surface area contributed by atoms with Gasteiger partial charge in [0.25, 0.3) is 0 Å². The number of nitrogens with zero attached hydrogens (tertiary/aromatic N) is 3. The molecule has 20 heavy (non-hydrogen) atoms. The maximum Gasteiger partial charge on any atom is 0.417 e. The molecule has 1 aliphatic rings. The van der Waals surface area contributed by atoms with Gasteiger partial charge in [0, 0.05) is 19.4 Å². The van der Waals surface area contributed by atoms with Crippen molar-refractivity contribution in [3.8, 4) is 6.07 Å². The Morgan fingerprint density at radius 1 is 1.30 bits per heavy atom. The standard InChI is InChI=1S/C14H10F3N3/c1-20-9-10(14(15,16)17)5-6-13(20)11(8-18)12-4-2-3-7-19-12/h2-7,9H,1H3/b13-11+. The van der Waals surface area contributed by atoms with Gasteiger partial charge < -0.3 is 4.90 Å². The molecule has 0 N–H and O–H groups in total. The lowest BCUT2D eigenvalue weighted by Crippen LogP contribution is -2.20. The maximum atomic E-state index is 12.6. The van der Waals surface area contributed by atoms with Gasteiger partial charge in [-0.05, 0) is 24.3 Å². The molecule has 1 aromatic rings. The summed E-state index contributed by atoms with van der Waals surface area (Å²) in [6.07, 6.45) is 0.298. The van der Waals surface area contributed by atoms with E-state index in [9.17, 15) is 18.4 Å². The number of hydrogen-bond acceptors (Lipinski definition) is 3. The van der Waals surface area contributed by atoms with Crippen molar-refractivity contribution in [3.05, 3.63) is 59.7 Å². The third kappa shape index (κ3) is 2.72. The number of nitriles is 1. The van der Waals surface area contributed by atoms with Gasteiger partial charge in [0.15, 0.2) is 0 Å². The molecule has 0 unspecified atom stereocenters. The van der Waals surface area contributed by atoms with E-state index >= 15 is 0 Å². The number of alkyl halides is 3. The van der Waals surface area contributed by atoms with Crippen LogP contribution in [0.2, 0.25) is 0 Å². The molecule has 2 rings (SSSR count). The minimum absolute atomic E-state index is 0.224. The number of rotatable bonds is 1. The van der Waals surface area contributed by atoms with Gasteiger partial charge in [0.2, 0.25) is 0 Å². The lowest BCUT2D eigenvalue weighted by molar-refractivity contribution is -0.0892. The van der Waals surface area contributed by atoms with Crippen LogP contribution < -0.4 is 0 Å². The highest BCUT2D eigenvalue weighted by atomic mass is 19.4. The molecule has 0 aliphatic carbocycles. The molecule has 6 heteroatoms. The Bertz CT molecular complexity index is 634. The van der Waals surface area contributed by atoms with Crippen LogP contribution in [0, 0.1) is 11.3 Å². The third-order valence-corrected chi connectivity index (χ3v) is 2.75.